The first-order valence-corrected chi connectivity index (χ1v) is 15.4. The third kappa shape index (κ3) is 3.79. The fourth-order valence-corrected chi connectivity index (χ4v) is 11.4. The second-order valence-corrected chi connectivity index (χ2v) is 15.8. The van der Waals surface area contributed by atoms with Crippen LogP contribution in [-0.2, 0) is 23.9 Å². The standard InChI is InChI=1S/C33H52O5/c1-21-24(36)9-10-25-29(21,6)12-11-26-30(7)15-18-33(38-23(3)35)17-13-28(4,5)19-27(33)31(30,8)14-16-32(25,26)20-37-22(2)34/h21,25-27H,9-20H2,1-8H3/t21-,25+,26+,27-,29+,30+,31-,32+,33-/m0/s1. The minimum Gasteiger partial charge on any atom is -0.465 e. The van der Waals surface area contributed by atoms with Crippen LogP contribution in [0.4, 0.5) is 0 Å². The molecule has 0 unspecified atom stereocenters. The first kappa shape index (κ1) is 28.1. The van der Waals surface area contributed by atoms with Crippen LogP contribution in [0.25, 0.3) is 0 Å². The molecule has 5 aliphatic rings. The normalized spacial score (nSPS) is 49.5. The predicted molar refractivity (Wildman–Crippen MR) is 147 cm³/mol. The van der Waals surface area contributed by atoms with Crippen molar-refractivity contribution < 1.29 is 23.9 Å². The van der Waals surface area contributed by atoms with Crippen molar-refractivity contribution in [2.45, 2.75) is 132 Å². The number of ether oxygens (including phenoxy) is 2. The lowest BCUT2D eigenvalue weighted by molar-refractivity contribution is -0.286. The zero-order chi connectivity index (χ0) is 27.9. The molecular weight excluding hydrogens is 476 g/mol. The molecule has 0 aromatic carbocycles. The molecule has 0 heterocycles. The van der Waals surface area contributed by atoms with E-state index in [4.69, 9.17) is 9.47 Å². The van der Waals surface area contributed by atoms with Crippen molar-refractivity contribution in [1.29, 1.82) is 0 Å². The first-order valence-electron chi connectivity index (χ1n) is 15.4. The van der Waals surface area contributed by atoms with Gasteiger partial charge in [-0.05, 0) is 97.7 Å². The Morgan fingerprint density at radius 1 is 0.789 bits per heavy atom. The van der Waals surface area contributed by atoms with Crippen molar-refractivity contribution in [2.24, 2.45) is 50.7 Å². The zero-order valence-corrected chi connectivity index (χ0v) is 25.3. The summed E-state index contributed by atoms with van der Waals surface area (Å²) in [6.07, 6.45) is 10.9. The minimum atomic E-state index is -0.361. The van der Waals surface area contributed by atoms with E-state index in [1.54, 1.807) is 6.92 Å². The molecule has 5 saturated carbocycles. The van der Waals surface area contributed by atoms with Crippen LogP contribution in [-0.4, -0.2) is 29.9 Å². The van der Waals surface area contributed by atoms with Crippen LogP contribution < -0.4 is 0 Å². The summed E-state index contributed by atoms with van der Waals surface area (Å²) in [6, 6.07) is 0. The Kier molecular flexibility index (Phi) is 6.52. The number of fused-ring (bicyclic) bond motifs is 7. The number of hydrogen-bond acceptors (Lipinski definition) is 5. The SMILES string of the molecule is CC(=O)OC[C@@]12CC[C@@]3(C)[C@@H]4CC(C)(C)CC[C@]4(OC(C)=O)CC[C@]3(C)[C@H]1CC[C@@]1(C)[C@H]2CCC(=O)[C@@H]1C. The van der Waals surface area contributed by atoms with E-state index in [1.807, 2.05) is 0 Å². The molecule has 0 aliphatic heterocycles. The summed E-state index contributed by atoms with van der Waals surface area (Å²) in [5.74, 6) is 1.25. The van der Waals surface area contributed by atoms with Gasteiger partial charge >= 0.3 is 11.9 Å². The Hall–Kier alpha value is -1.39. The molecule has 38 heavy (non-hydrogen) atoms. The summed E-state index contributed by atoms with van der Waals surface area (Å²) in [5.41, 5.74) is -0.190. The van der Waals surface area contributed by atoms with Crippen LogP contribution in [0.3, 0.4) is 0 Å². The Labute approximate surface area is 230 Å². The molecular formula is C33H52O5. The van der Waals surface area contributed by atoms with Crippen molar-refractivity contribution in [2.75, 3.05) is 6.61 Å². The smallest absolute Gasteiger partial charge is 0.303 e. The van der Waals surface area contributed by atoms with Gasteiger partial charge in [-0.1, -0.05) is 41.5 Å². The number of esters is 2. The molecule has 0 amide bonds. The van der Waals surface area contributed by atoms with E-state index in [1.165, 1.54) is 6.92 Å². The lowest BCUT2D eigenvalue weighted by Crippen LogP contribution is -2.71. The monoisotopic (exact) mass is 528 g/mol. The predicted octanol–water partition coefficient (Wildman–Crippen LogP) is 7.30. The maximum Gasteiger partial charge on any atom is 0.303 e. The van der Waals surface area contributed by atoms with Crippen LogP contribution in [0, 0.1) is 50.7 Å². The molecule has 5 fully saturated rings. The van der Waals surface area contributed by atoms with Crippen LogP contribution in [0.2, 0.25) is 0 Å². The van der Waals surface area contributed by atoms with Gasteiger partial charge in [0.05, 0.1) is 6.61 Å². The van der Waals surface area contributed by atoms with Crippen LogP contribution >= 0.6 is 0 Å². The quantitative estimate of drug-likeness (QED) is 0.360. The van der Waals surface area contributed by atoms with Gasteiger partial charge in [0, 0.05) is 37.5 Å². The van der Waals surface area contributed by atoms with E-state index < -0.39 is 0 Å². The van der Waals surface area contributed by atoms with Crippen molar-refractivity contribution in [3.05, 3.63) is 0 Å². The minimum absolute atomic E-state index is 0.0343. The number of carbonyl (C=O) groups is 3. The molecule has 0 saturated heterocycles. The second-order valence-electron chi connectivity index (χ2n) is 15.8. The highest BCUT2D eigenvalue weighted by Gasteiger charge is 2.73. The molecule has 0 aromatic rings. The molecule has 0 bridgehead atoms. The highest BCUT2D eigenvalue weighted by molar-refractivity contribution is 5.82. The lowest BCUT2D eigenvalue weighted by atomic mass is 9.31. The topological polar surface area (TPSA) is 69.7 Å². The molecule has 5 rings (SSSR count). The van der Waals surface area contributed by atoms with E-state index in [0.717, 1.165) is 64.2 Å². The lowest BCUT2D eigenvalue weighted by Gasteiger charge is -2.74. The summed E-state index contributed by atoms with van der Waals surface area (Å²) in [5, 5.41) is 0. The maximum atomic E-state index is 12.9. The number of carbonyl (C=O) groups excluding carboxylic acids is 3. The van der Waals surface area contributed by atoms with E-state index in [0.29, 0.717) is 36.6 Å². The van der Waals surface area contributed by atoms with Gasteiger partial charge in [-0.25, -0.2) is 0 Å². The molecule has 5 nitrogen and oxygen atoms in total. The van der Waals surface area contributed by atoms with Gasteiger partial charge in [-0.3, -0.25) is 14.4 Å². The highest BCUT2D eigenvalue weighted by Crippen LogP contribution is 2.77. The Balaban J connectivity index is 1.60. The molecule has 5 aliphatic carbocycles. The van der Waals surface area contributed by atoms with E-state index in [-0.39, 0.29) is 50.5 Å². The molecule has 9 atom stereocenters. The van der Waals surface area contributed by atoms with Crippen LogP contribution in [0.1, 0.15) is 126 Å². The van der Waals surface area contributed by atoms with Crippen molar-refractivity contribution in [3.8, 4) is 0 Å². The Morgan fingerprint density at radius 3 is 2.08 bits per heavy atom. The van der Waals surface area contributed by atoms with Gasteiger partial charge in [0.25, 0.3) is 0 Å². The fraction of sp³-hybridized carbons (Fsp3) is 0.909. The average molecular weight is 529 g/mol. The third-order valence-electron chi connectivity index (χ3n) is 13.8. The molecule has 214 valence electrons. The highest BCUT2D eigenvalue weighted by atomic mass is 16.6. The summed E-state index contributed by atoms with van der Waals surface area (Å²) in [7, 11) is 0. The Bertz CT molecular complexity index is 1020. The molecule has 0 radical (unpaired) electrons. The first-order chi connectivity index (χ1) is 17.6. The van der Waals surface area contributed by atoms with Crippen molar-refractivity contribution in [3.63, 3.8) is 0 Å². The third-order valence-corrected chi connectivity index (χ3v) is 13.8. The van der Waals surface area contributed by atoms with Crippen molar-refractivity contribution >= 4 is 17.7 Å². The number of ketones is 1. The van der Waals surface area contributed by atoms with Gasteiger partial charge < -0.3 is 9.47 Å². The van der Waals surface area contributed by atoms with E-state index in [2.05, 4.69) is 41.5 Å². The number of hydrogen-bond donors (Lipinski definition) is 0. The summed E-state index contributed by atoms with van der Waals surface area (Å²) < 4.78 is 12.3. The van der Waals surface area contributed by atoms with Gasteiger partial charge in [-0.2, -0.15) is 0 Å². The maximum absolute atomic E-state index is 12.9. The van der Waals surface area contributed by atoms with Crippen molar-refractivity contribution in [1.82, 2.24) is 0 Å². The number of Topliss-reactive ketones (excluding diaryl/α,β-unsaturated/α-hetero) is 1. The van der Waals surface area contributed by atoms with Gasteiger partial charge in [0.15, 0.2) is 0 Å². The largest absolute Gasteiger partial charge is 0.465 e. The fourth-order valence-electron chi connectivity index (χ4n) is 11.4. The van der Waals surface area contributed by atoms with Crippen LogP contribution in [0.5, 0.6) is 0 Å². The van der Waals surface area contributed by atoms with Gasteiger partial charge in [0.2, 0.25) is 0 Å². The summed E-state index contributed by atoms with van der Waals surface area (Å²) in [6.45, 7) is 17.9. The van der Waals surface area contributed by atoms with E-state index >= 15 is 0 Å². The zero-order valence-electron chi connectivity index (χ0n) is 25.3. The van der Waals surface area contributed by atoms with E-state index in [9.17, 15) is 14.4 Å². The Morgan fingerprint density at radius 2 is 1.42 bits per heavy atom. The van der Waals surface area contributed by atoms with Gasteiger partial charge in [-0.15, -0.1) is 0 Å². The molecule has 0 spiro atoms. The average Bonchev–Trinajstić information content (AvgIpc) is 2.82. The summed E-state index contributed by atoms with van der Waals surface area (Å²) >= 11 is 0. The molecule has 0 N–H and O–H groups in total. The molecule has 5 heteroatoms. The second kappa shape index (κ2) is 8.80. The summed E-state index contributed by atoms with van der Waals surface area (Å²) in [4.78, 5) is 37.6. The van der Waals surface area contributed by atoms with Gasteiger partial charge in [0.1, 0.15) is 11.4 Å². The molecule has 0 aromatic heterocycles. The number of rotatable bonds is 3. The van der Waals surface area contributed by atoms with Crippen LogP contribution in [0.15, 0.2) is 0 Å².